The summed E-state index contributed by atoms with van der Waals surface area (Å²) in [6.45, 7) is 6.47. The Balaban J connectivity index is 1.85. The molecule has 1 heterocycles. The molecule has 0 spiro atoms. The molecule has 3 N–H and O–H groups in total. The van der Waals surface area contributed by atoms with Crippen LogP contribution in [0.5, 0.6) is 5.75 Å². The van der Waals surface area contributed by atoms with E-state index in [0.717, 1.165) is 11.3 Å². The van der Waals surface area contributed by atoms with Gasteiger partial charge in [0, 0.05) is 24.9 Å². The van der Waals surface area contributed by atoms with Crippen LogP contribution < -0.4 is 15.8 Å². The van der Waals surface area contributed by atoms with Crippen LogP contribution in [0.1, 0.15) is 39.5 Å². The minimum Gasteiger partial charge on any atom is -0.497 e. The second-order valence-electron chi connectivity index (χ2n) is 6.92. The molecule has 26 heavy (non-hydrogen) atoms. The zero-order chi connectivity index (χ0) is 19.2. The molecule has 0 aliphatic heterocycles. The fraction of sp³-hybridized carbons (Fsp3) is 0.526. The molecule has 0 bridgehead atoms. The van der Waals surface area contributed by atoms with Crippen molar-refractivity contribution in [1.29, 1.82) is 0 Å². The lowest BCUT2D eigenvalue weighted by atomic mass is 9.88. The number of methoxy groups -OCH3 is 1. The van der Waals surface area contributed by atoms with Crippen LogP contribution in [0.25, 0.3) is 11.4 Å². The predicted octanol–water partition coefficient (Wildman–Crippen LogP) is 2.56. The maximum atomic E-state index is 12.2. The number of nitrogens with two attached hydrogens (primary N) is 1. The van der Waals surface area contributed by atoms with Crippen molar-refractivity contribution in [3.8, 4) is 17.1 Å². The molecule has 0 saturated heterocycles. The number of nitrogens with zero attached hydrogens (tertiary/aromatic N) is 2. The number of rotatable bonds is 9. The first-order valence-corrected chi connectivity index (χ1v) is 8.86. The molecule has 0 aliphatic rings. The van der Waals surface area contributed by atoms with Gasteiger partial charge in [0.1, 0.15) is 5.75 Å². The lowest BCUT2D eigenvalue weighted by Gasteiger charge is -2.33. The van der Waals surface area contributed by atoms with Crippen LogP contribution in [0.15, 0.2) is 28.8 Å². The zero-order valence-corrected chi connectivity index (χ0v) is 15.9. The Kier molecular flexibility index (Phi) is 6.74. The molecule has 142 valence electrons. The molecular formula is C19H28N4O3. The smallest absolute Gasteiger partial charge is 0.226 e. The molecule has 0 aliphatic carbocycles. The van der Waals surface area contributed by atoms with Gasteiger partial charge in [0.25, 0.3) is 0 Å². The maximum absolute atomic E-state index is 12.2. The Hall–Kier alpha value is -2.41. The number of hydrogen-bond donors (Lipinski definition) is 2. The molecule has 0 radical (unpaired) electrons. The van der Waals surface area contributed by atoms with Crippen LogP contribution in [-0.4, -0.2) is 35.2 Å². The van der Waals surface area contributed by atoms with Gasteiger partial charge < -0.3 is 20.3 Å². The van der Waals surface area contributed by atoms with E-state index in [0.29, 0.717) is 37.5 Å². The molecule has 1 unspecified atom stereocenters. The van der Waals surface area contributed by atoms with Crippen LogP contribution in [0.4, 0.5) is 0 Å². The van der Waals surface area contributed by atoms with Crippen molar-refractivity contribution in [2.24, 2.45) is 11.7 Å². The van der Waals surface area contributed by atoms with Crippen molar-refractivity contribution < 1.29 is 14.1 Å². The topological polar surface area (TPSA) is 103 Å². The van der Waals surface area contributed by atoms with Gasteiger partial charge in [-0.1, -0.05) is 19.0 Å². The largest absolute Gasteiger partial charge is 0.497 e. The Morgan fingerprint density at radius 2 is 2.04 bits per heavy atom. The quantitative estimate of drug-likeness (QED) is 0.712. The Labute approximate surface area is 154 Å². The van der Waals surface area contributed by atoms with Crippen molar-refractivity contribution in [3.05, 3.63) is 30.2 Å². The second-order valence-corrected chi connectivity index (χ2v) is 6.92. The van der Waals surface area contributed by atoms with E-state index < -0.39 is 0 Å². The van der Waals surface area contributed by atoms with Gasteiger partial charge in [0.2, 0.25) is 17.6 Å². The number of aryl methyl sites for hydroxylation is 1. The number of hydrogen-bond acceptors (Lipinski definition) is 6. The van der Waals surface area contributed by atoms with Gasteiger partial charge in [-0.25, -0.2) is 0 Å². The van der Waals surface area contributed by atoms with Gasteiger partial charge in [-0.15, -0.1) is 0 Å². The summed E-state index contributed by atoms with van der Waals surface area (Å²) >= 11 is 0. The fourth-order valence-electron chi connectivity index (χ4n) is 2.43. The van der Waals surface area contributed by atoms with Crippen LogP contribution in [-0.2, 0) is 11.2 Å². The molecule has 7 heteroatoms. The van der Waals surface area contributed by atoms with Crippen LogP contribution in [0.2, 0.25) is 0 Å². The van der Waals surface area contributed by atoms with Crippen LogP contribution in [0.3, 0.4) is 0 Å². The monoisotopic (exact) mass is 360 g/mol. The number of benzene rings is 1. The van der Waals surface area contributed by atoms with Crippen molar-refractivity contribution in [3.63, 3.8) is 0 Å². The highest BCUT2D eigenvalue weighted by molar-refractivity contribution is 5.76. The molecular weight excluding hydrogens is 332 g/mol. The summed E-state index contributed by atoms with van der Waals surface area (Å²) in [5, 5.41) is 7.02. The maximum Gasteiger partial charge on any atom is 0.226 e. The van der Waals surface area contributed by atoms with Crippen LogP contribution >= 0.6 is 0 Å². The highest BCUT2D eigenvalue weighted by atomic mass is 16.5. The fourth-order valence-corrected chi connectivity index (χ4v) is 2.43. The van der Waals surface area contributed by atoms with E-state index in [1.54, 1.807) is 7.11 Å². The molecule has 2 aromatic rings. The Bertz CT molecular complexity index is 712. The van der Waals surface area contributed by atoms with Gasteiger partial charge in [-0.2, -0.15) is 4.98 Å². The predicted molar refractivity (Wildman–Crippen MR) is 99.7 cm³/mol. The van der Waals surface area contributed by atoms with E-state index in [4.69, 9.17) is 15.0 Å². The number of ether oxygens (including phenoxy) is 1. The zero-order valence-electron chi connectivity index (χ0n) is 15.9. The summed E-state index contributed by atoms with van der Waals surface area (Å²) in [6.07, 6.45) is 1.58. The van der Waals surface area contributed by atoms with E-state index in [1.165, 1.54) is 0 Å². The summed E-state index contributed by atoms with van der Waals surface area (Å²) < 4.78 is 10.4. The van der Waals surface area contributed by atoms with E-state index in [9.17, 15) is 4.79 Å². The average Bonchev–Trinajstić information content (AvgIpc) is 3.10. The van der Waals surface area contributed by atoms with Crippen molar-refractivity contribution in [2.45, 2.75) is 45.6 Å². The molecule has 2 rings (SSSR count). The summed E-state index contributed by atoms with van der Waals surface area (Å²) in [7, 11) is 1.62. The first kappa shape index (κ1) is 19.9. The van der Waals surface area contributed by atoms with Crippen molar-refractivity contribution in [2.75, 3.05) is 13.7 Å². The first-order valence-electron chi connectivity index (χ1n) is 8.86. The van der Waals surface area contributed by atoms with E-state index >= 15 is 0 Å². The minimum absolute atomic E-state index is 0.0125. The molecule has 1 atom stereocenters. The van der Waals surface area contributed by atoms with Gasteiger partial charge >= 0.3 is 0 Å². The molecule has 1 aromatic carbocycles. The third-order valence-corrected chi connectivity index (χ3v) is 4.73. The standard InChI is InChI=1S/C19H28N4O3/c1-13(2)19(3,12-20)22-16(24)6-5-7-17-21-18(23-26-17)14-8-10-15(25-4)11-9-14/h8-11,13H,5-7,12,20H2,1-4H3,(H,22,24). The minimum atomic E-state index is -0.386. The molecule has 1 aromatic heterocycles. The lowest BCUT2D eigenvalue weighted by molar-refractivity contribution is -0.123. The Morgan fingerprint density at radius 3 is 2.62 bits per heavy atom. The van der Waals surface area contributed by atoms with E-state index in [1.807, 2.05) is 45.0 Å². The van der Waals surface area contributed by atoms with Gasteiger partial charge in [0.15, 0.2) is 0 Å². The van der Waals surface area contributed by atoms with Crippen molar-refractivity contribution in [1.82, 2.24) is 15.5 Å². The summed E-state index contributed by atoms with van der Waals surface area (Å²) in [5.74, 6) is 2.08. The van der Waals surface area contributed by atoms with E-state index in [-0.39, 0.29) is 17.4 Å². The SMILES string of the molecule is COc1ccc(-c2noc(CCCC(=O)NC(C)(CN)C(C)C)n2)cc1. The third-order valence-electron chi connectivity index (χ3n) is 4.73. The second kappa shape index (κ2) is 8.80. The molecule has 0 saturated carbocycles. The first-order chi connectivity index (χ1) is 12.4. The van der Waals surface area contributed by atoms with Gasteiger partial charge in [-0.3, -0.25) is 4.79 Å². The molecule has 7 nitrogen and oxygen atoms in total. The summed E-state index contributed by atoms with van der Waals surface area (Å²) in [4.78, 5) is 16.5. The normalized spacial score (nSPS) is 13.5. The summed E-state index contributed by atoms with van der Waals surface area (Å²) in [5.41, 5.74) is 6.27. The molecule has 0 fully saturated rings. The van der Waals surface area contributed by atoms with Gasteiger partial charge in [0.05, 0.1) is 12.6 Å². The van der Waals surface area contributed by atoms with Crippen LogP contribution in [0, 0.1) is 5.92 Å². The highest BCUT2D eigenvalue weighted by Gasteiger charge is 2.28. The number of amides is 1. The average molecular weight is 360 g/mol. The van der Waals surface area contributed by atoms with Crippen molar-refractivity contribution >= 4 is 5.91 Å². The highest BCUT2D eigenvalue weighted by Crippen LogP contribution is 2.20. The number of aromatic nitrogens is 2. The molecule has 1 amide bonds. The van der Waals surface area contributed by atoms with Gasteiger partial charge in [-0.05, 0) is 43.5 Å². The lowest BCUT2D eigenvalue weighted by Crippen LogP contribution is -2.54. The number of carbonyl (C=O) groups excluding carboxylic acids is 1. The third kappa shape index (κ3) is 5.05. The Morgan fingerprint density at radius 1 is 1.35 bits per heavy atom. The number of nitrogens with one attached hydrogen (secondary N) is 1. The summed E-state index contributed by atoms with van der Waals surface area (Å²) in [6, 6.07) is 7.44. The number of carbonyl (C=O) groups is 1. The van der Waals surface area contributed by atoms with E-state index in [2.05, 4.69) is 15.5 Å².